The molecule has 6 nitrogen and oxygen atoms in total. The number of pyridine rings is 1. The third-order valence-electron chi connectivity index (χ3n) is 4.93. The number of amides is 2. The number of anilines is 2. The van der Waals surface area contributed by atoms with Crippen molar-refractivity contribution in [2.75, 3.05) is 43.5 Å². The Morgan fingerprint density at radius 2 is 2.00 bits per heavy atom. The molecule has 150 valence electrons. The minimum Gasteiger partial charge on any atom is -0.480 e. The van der Waals surface area contributed by atoms with E-state index < -0.39 is 5.82 Å². The number of ether oxygens (including phenoxy) is 1. The number of carbonyl (C=O) groups is 1. The highest BCUT2D eigenvalue weighted by Gasteiger charge is 2.23. The molecule has 1 N–H and O–H groups in total. The first-order valence-corrected chi connectivity index (χ1v) is 9.61. The molecule has 1 fully saturated rings. The Hall–Kier alpha value is -2.54. The molecule has 1 saturated heterocycles. The van der Waals surface area contributed by atoms with E-state index in [4.69, 9.17) is 16.3 Å². The van der Waals surface area contributed by atoms with Crippen molar-refractivity contribution >= 4 is 29.0 Å². The Bertz CT molecular complexity index is 870. The summed E-state index contributed by atoms with van der Waals surface area (Å²) >= 11 is 5.87. The summed E-state index contributed by atoms with van der Waals surface area (Å²) in [4.78, 5) is 20.9. The number of nitrogens with zero attached hydrogens (tertiary/aromatic N) is 3. The normalized spacial score (nSPS) is 14.2. The Balaban J connectivity index is 1.65. The van der Waals surface area contributed by atoms with Crippen LogP contribution >= 0.6 is 11.6 Å². The van der Waals surface area contributed by atoms with E-state index >= 15 is 0 Å². The van der Waals surface area contributed by atoms with Gasteiger partial charge in [-0.15, -0.1) is 0 Å². The number of benzene rings is 1. The van der Waals surface area contributed by atoms with E-state index in [9.17, 15) is 9.18 Å². The number of halogens is 2. The summed E-state index contributed by atoms with van der Waals surface area (Å²) in [7, 11) is 1.54. The van der Waals surface area contributed by atoms with E-state index in [0.29, 0.717) is 37.7 Å². The van der Waals surface area contributed by atoms with Crippen molar-refractivity contribution in [1.82, 2.24) is 9.88 Å². The van der Waals surface area contributed by atoms with Crippen molar-refractivity contribution in [3.63, 3.8) is 0 Å². The van der Waals surface area contributed by atoms with Crippen molar-refractivity contribution in [2.24, 2.45) is 0 Å². The maximum atomic E-state index is 13.4. The summed E-state index contributed by atoms with van der Waals surface area (Å²) in [5, 5.41) is 3.01. The number of aryl methyl sites for hydroxylation is 2. The van der Waals surface area contributed by atoms with E-state index in [1.807, 2.05) is 19.9 Å². The van der Waals surface area contributed by atoms with Gasteiger partial charge in [0.05, 0.1) is 12.1 Å². The SMILES string of the molecule is CCc1cc(NC(=O)N2CCN(c3ccc(F)c(Cl)c3)CC2)c(OC)nc1C. The lowest BCUT2D eigenvalue weighted by atomic mass is 10.1. The number of rotatable bonds is 4. The summed E-state index contributed by atoms with van der Waals surface area (Å²) in [6, 6.07) is 6.39. The predicted octanol–water partition coefficient (Wildman–Crippen LogP) is 4.11. The van der Waals surface area contributed by atoms with Gasteiger partial charge in [-0.25, -0.2) is 14.2 Å². The zero-order valence-corrected chi connectivity index (χ0v) is 17.0. The summed E-state index contributed by atoms with van der Waals surface area (Å²) in [5.41, 5.74) is 3.38. The largest absolute Gasteiger partial charge is 0.480 e. The summed E-state index contributed by atoms with van der Waals surface area (Å²) in [6.07, 6.45) is 0.824. The fourth-order valence-corrected chi connectivity index (χ4v) is 3.45. The first-order chi connectivity index (χ1) is 13.4. The number of hydrogen-bond donors (Lipinski definition) is 1. The van der Waals surface area contributed by atoms with Crippen LogP contribution in [0.25, 0.3) is 0 Å². The fraction of sp³-hybridized carbons (Fsp3) is 0.400. The third kappa shape index (κ3) is 4.30. The van der Waals surface area contributed by atoms with Crippen LogP contribution in [0.2, 0.25) is 5.02 Å². The zero-order chi connectivity index (χ0) is 20.3. The zero-order valence-electron chi connectivity index (χ0n) is 16.3. The molecule has 2 amide bonds. The van der Waals surface area contributed by atoms with Crippen molar-refractivity contribution in [3.05, 3.63) is 46.4 Å². The van der Waals surface area contributed by atoms with Crippen LogP contribution in [-0.4, -0.2) is 49.2 Å². The number of nitrogens with one attached hydrogen (secondary N) is 1. The topological polar surface area (TPSA) is 57.7 Å². The molecule has 0 aliphatic carbocycles. The van der Waals surface area contributed by atoms with E-state index in [-0.39, 0.29) is 11.1 Å². The van der Waals surface area contributed by atoms with Gasteiger partial charge in [0.25, 0.3) is 0 Å². The van der Waals surface area contributed by atoms with Crippen LogP contribution in [0.3, 0.4) is 0 Å². The second kappa shape index (κ2) is 8.65. The minimum atomic E-state index is -0.435. The lowest BCUT2D eigenvalue weighted by molar-refractivity contribution is 0.208. The molecule has 1 aliphatic rings. The van der Waals surface area contributed by atoms with Gasteiger partial charge in [-0.2, -0.15) is 0 Å². The van der Waals surface area contributed by atoms with Gasteiger partial charge >= 0.3 is 6.03 Å². The summed E-state index contributed by atoms with van der Waals surface area (Å²) in [5.74, 6) is -0.0295. The van der Waals surface area contributed by atoms with Crippen molar-refractivity contribution in [2.45, 2.75) is 20.3 Å². The monoisotopic (exact) mass is 406 g/mol. The molecule has 28 heavy (non-hydrogen) atoms. The van der Waals surface area contributed by atoms with Crippen LogP contribution in [-0.2, 0) is 6.42 Å². The molecule has 0 unspecified atom stereocenters. The van der Waals surface area contributed by atoms with E-state index in [0.717, 1.165) is 23.4 Å². The van der Waals surface area contributed by atoms with Crippen LogP contribution in [0.4, 0.5) is 20.6 Å². The van der Waals surface area contributed by atoms with E-state index in [1.165, 1.54) is 13.2 Å². The lowest BCUT2D eigenvalue weighted by Crippen LogP contribution is -2.50. The average molecular weight is 407 g/mol. The van der Waals surface area contributed by atoms with Crippen LogP contribution in [0.5, 0.6) is 5.88 Å². The van der Waals surface area contributed by atoms with Gasteiger partial charge in [0.1, 0.15) is 11.5 Å². The average Bonchev–Trinajstić information content (AvgIpc) is 2.71. The predicted molar refractivity (Wildman–Crippen MR) is 109 cm³/mol. The van der Waals surface area contributed by atoms with Crippen LogP contribution in [0.1, 0.15) is 18.2 Å². The second-order valence-corrected chi connectivity index (χ2v) is 7.05. The lowest BCUT2D eigenvalue weighted by Gasteiger charge is -2.36. The molecule has 8 heteroatoms. The molecule has 0 saturated carbocycles. The minimum absolute atomic E-state index is 0.100. The quantitative estimate of drug-likeness (QED) is 0.830. The van der Waals surface area contributed by atoms with Crippen molar-refractivity contribution in [3.8, 4) is 5.88 Å². The molecule has 2 heterocycles. The Morgan fingerprint density at radius 3 is 2.61 bits per heavy atom. The molecule has 3 rings (SSSR count). The standard InChI is InChI=1S/C20H24ClFN4O2/c1-4-14-11-18(19(28-3)23-13(14)2)24-20(27)26-9-7-25(8-10-26)15-5-6-17(22)16(21)12-15/h5-6,11-12H,4,7-10H2,1-3H3,(H,24,27). The first-order valence-electron chi connectivity index (χ1n) is 9.23. The number of piperazine rings is 1. The number of methoxy groups -OCH3 is 1. The van der Waals surface area contributed by atoms with Crippen LogP contribution < -0.4 is 15.0 Å². The molecule has 0 bridgehead atoms. The summed E-state index contributed by atoms with van der Waals surface area (Å²) < 4.78 is 18.7. The molecule has 0 atom stereocenters. The Morgan fingerprint density at radius 1 is 1.29 bits per heavy atom. The van der Waals surface area contributed by atoms with Crippen LogP contribution in [0.15, 0.2) is 24.3 Å². The molecule has 0 spiro atoms. The maximum absolute atomic E-state index is 13.4. The molecular weight excluding hydrogens is 383 g/mol. The Labute approximate surface area is 169 Å². The van der Waals surface area contributed by atoms with Crippen molar-refractivity contribution in [1.29, 1.82) is 0 Å². The molecule has 1 aromatic heterocycles. The Kier molecular flexibility index (Phi) is 6.24. The number of urea groups is 1. The molecular formula is C20H24ClFN4O2. The van der Waals surface area contributed by atoms with Gasteiger partial charge in [0, 0.05) is 37.6 Å². The smallest absolute Gasteiger partial charge is 0.322 e. The third-order valence-corrected chi connectivity index (χ3v) is 5.22. The molecule has 1 aromatic carbocycles. The number of carbonyl (C=O) groups excluding carboxylic acids is 1. The van der Waals surface area contributed by atoms with E-state index in [1.54, 1.807) is 17.0 Å². The van der Waals surface area contributed by atoms with Gasteiger partial charge in [-0.1, -0.05) is 18.5 Å². The van der Waals surface area contributed by atoms with Gasteiger partial charge in [-0.05, 0) is 43.2 Å². The number of hydrogen-bond acceptors (Lipinski definition) is 4. The van der Waals surface area contributed by atoms with Crippen molar-refractivity contribution < 1.29 is 13.9 Å². The van der Waals surface area contributed by atoms with Gasteiger partial charge < -0.3 is 19.9 Å². The molecule has 1 aliphatic heterocycles. The molecule has 2 aromatic rings. The fourth-order valence-electron chi connectivity index (χ4n) is 3.27. The molecule has 0 radical (unpaired) electrons. The number of aromatic nitrogens is 1. The van der Waals surface area contributed by atoms with E-state index in [2.05, 4.69) is 15.2 Å². The first kappa shape index (κ1) is 20.2. The van der Waals surface area contributed by atoms with Gasteiger partial charge in [0.2, 0.25) is 5.88 Å². The van der Waals surface area contributed by atoms with Gasteiger partial charge in [-0.3, -0.25) is 0 Å². The second-order valence-electron chi connectivity index (χ2n) is 6.65. The highest BCUT2D eigenvalue weighted by Crippen LogP contribution is 2.26. The van der Waals surface area contributed by atoms with Crippen LogP contribution in [0, 0.1) is 12.7 Å². The summed E-state index contributed by atoms with van der Waals surface area (Å²) in [6.45, 7) is 6.33. The highest BCUT2D eigenvalue weighted by atomic mass is 35.5. The maximum Gasteiger partial charge on any atom is 0.322 e. The van der Waals surface area contributed by atoms with Gasteiger partial charge in [0.15, 0.2) is 0 Å². The highest BCUT2D eigenvalue weighted by molar-refractivity contribution is 6.31.